The maximum absolute atomic E-state index is 4.02. The molecule has 0 atom stereocenters. The first-order valence-electron chi connectivity index (χ1n) is 4.55. The lowest BCUT2D eigenvalue weighted by molar-refractivity contribution is 1.36. The normalized spacial score (nSPS) is 11.8. The number of nitrogens with one attached hydrogen (secondary N) is 1. The van der Waals surface area contributed by atoms with Gasteiger partial charge in [-0.05, 0) is 25.1 Å². The Balaban J connectivity index is 2.34. The molecule has 2 heteroatoms. The first-order chi connectivity index (χ1) is 6.93. The summed E-state index contributed by atoms with van der Waals surface area (Å²) in [5, 5.41) is 4.02. The molecule has 0 aliphatic heterocycles. The van der Waals surface area contributed by atoms with Crippen LogP contribution in [0.1, 0.15) is 6.92 Å². The van der Waals surface area contributed by atoms with Crippen LogP contribution in [0.3, 0.4) is 0 Å². The average molecular weight is 186 g/mol. The van der Waals surface area contributed by atoms with Gasteiger partial charge in [-0.15, -0.1) is 0 Å². The highest BCUT2D eigenvalue weighted by atomic mass is 15.3. The molecule has 0 spiro atoms. The maximum Gasteiger partial charge on any atom is 0.0561 e. The van der Waals surface area contributed by atoms with Gasteiger partial charge in [0.1, 0.15) is 0 Å². The average Bonchev–Trinajstić information content (AvgIpc) is 2.25. The third kappa shape index (κ3) is 4.26. The molecule has 0 heterocycles. The van der Waals surface area contributed by atoms with Crippen LogP contribution in [0.15, 0.2) is 59.7 Å². The predicted molar refractivity (Wildman–Crippen MR) is 62.5 cm³/mol. The molecule has 72 valence electrons. The summed E-state index contributed by atoms with van der Waals surface area (Å²) in [6.07, 6.45) is 9.43. The van der Waals surface area contributed by atoms with E-state index in [-0.39, 0.29) is 0 Å². The van der Waals surface area contributed by atoms with Crippen molar-refractivity contribution in [2.75, 3.05) is 5.43 Å². The van der Waals surface area contributed by atoms with Crippen LogP contribution in [0.2, 0.25) is 0 Å². The van der Waals surface area contributed by atoms with Gasteiger partial charge in [-0.2, -0.15) is 5.10 Å². The molecule has 1 N–H and O–H groups in total. The van der Waals surface area contributed by atoms with Gasteiger partial charge in [-0.1, -0.05) is 36.4 Å². The van der Waals surface area contributed by atoms with Crippen molar-refractivity contribution in [2.45, 2.75) is 6.92 Å². The van der Waals surface area contributed by atoms with E-state index in [0.29, 0.717) is 0 Å². The van der Waals surface area contributed by atoms with Crippen LogP contribution in [0.5, 0.6) is 0 Å². The Labute approximate surface area is 84.7 Å². The number of hydrogen-bond acceptors (Lipinski definition) is 2. The fraction of sp³-hybridized carbons (Fsp3) is 0.0833. The van der Waals surface area contributed by atoms with Crippen molar-refractivity contribution in [3.63, 3.8) is 0 Å². The van der Waals surface area contributed by atoms with Crippen LogP contribution in [0.4, 0.5) is 5.69 Å². The molecule has 0 saturated carbocycles. The number of nitrogens with zero attached hydrogens (tertiary/aromatic N) is 1. The summed E-state index contributed by atoms with van der Waals surface area (Å²) in [6.45, 7) is 1.98. The van der Waals surface area contributed by atoms with Gasteiger partial charge >= 0.3 is 0 Å². The van der Waals surface area contributed by atoms with E-state index < -0.39 is 0 Å². The summed E-state index contributed by atoms with van der Waals surface area (Å²) in [5.41, 5.74) is 3.90. The van der Waals surface area contributed by atoms with Crippen molar-refractivity contribution in [1.29, 1.82) is 0 Å². The van der Waals surface area contributed by atoms with Crippen molar-refractivity contribution < 1.29 is 0 Å². The molecule has 1 aromatic carbocycles. The Morgan fingerprint density at radius 1 is 1.07 bits per heavy atom. The second-order valence-electron chi connectivity index (χ2n) is 2.67. The molecule has 0 bridgehead atoms. The van der Waals surface area contributed by atoms with E-state index in [4.69, 9.17) is 0 Å². The summed E-state index contributed by atoms with van der Waals surface area (Å²) in [6, 6.07) is 9.84. The number of benzene rings is 1. The summed E-state index contributed by atoms with van der Waals surface area (Å²) < 4.78 is 0. The topological polar surface area (TPSA) is 24.4 Å². The zero-order valence-corrected chi connectivity index (χ0v) is 8.22. The third-order valence-corrected chi connectivity index (χ3v) is 1.54. The largest absolute Gasteiger partial charge is 0.279 e. The summed E-state index contributed by atoms with van der Waals surface area (Å²) in [5.74, 6) is 0. The highest BCUT2D eigenvalue weighted by Crippen LogP contribution is 2.03. The van der Waals surface area contributed by atoms with Crippen LogP contribution in [-0.4, -0.2) is 6.21 Å². The Morgan fingerprint density at radius 3 is 2.57 bits per heavy atom. The fourth-order valence-electron chi connectivity index (χ4n) is 0.892. The molecule has 0 aliphatic carbocycles. The molecule has 14 heavy (non-hydrogen) atoms. The lowest BCUT2D eigenvalue weighted by atomic mass is 10.3. The lowest BCUT2D eigenvalue weighted by Gasteiger charge is -1.96. The van der Waals surface area contributed by atoms with Crippen molar-refractivity contribution in [3.8, 4) is 0 Å². The minimum atomic E-state index is 0.989. The van der Waals surface area contributed by atoms with Gasteiger partial charge in [0.05, 0.1) is 5.69 Å². The number of para-hydroxylation sites is 1. The van der Waals surface area contributed by atoms with E-state index in [2.05, 4.69) is 10.5 Å². The number of hydrogen-bond donors (Lipinski definition) is 1. The quantitative estimate of drug-likeness (QED) is 0.436. The molecule has 1 aromatic rings. The second-order valence-corrected chi connectivity index (χ2v) is 2.67. The smallest absolute Gasteiger partial charge is 0.0561 e. The minimum Gasteiger partial charge on any atom is -0.279 e. The highest BCUT2D eigenvalue weighted by molar-refractivity contribution is 5.72. The SMILES string of the molecule is C\C=C/C=C\C=N\Nc1ccccc1. The standard InChI is InChI=1S/C12H14N2/c1-2-3-4-8-11-13-14-12-9-6-5-7-10-12/h2-11,14H,1H3/b3-2-,8-4-,13-11+. The predicted octanol–water partition coefficient (Wildman–Crippen LogP) is 3.22. The van der Waals surface area contributed by atoms with Crippen LogP contribution in [-0.2, 0) is 0 Å². The van der Waals surface area contributed by atoms with Crippen molar-refractivity contribution in [1.82, 2.24) is 0 Å². The van der Waals surface area contributed by atoms with E-state index >= 15 is 0 Å². The van der Waals surface area contributed by atoms with Gasteiger partial charge in [-0.25, -0.2) is 0 Å². The van der Waals surface area contributed by atoms with Crippen LogP contribution in [0.25, 0.3) is 0 Å². The Morgan fingerprint density at radius 2 is 1.86 bits per heavy atom. The molecule has 0 fully saturated rings. The van der Waals surface area contributed by atoms with E-state index in [0.717, 1.165) is 5.69 Å². The van der Waals surface area contributed by atoms with Crippen molar-refractivity contribution >= 4 is 11.9 Å². The van der Waals surface area contributed by atoms with Gasteiger partial charge < -0.3 is 0 Å². The molecule has 0 aromatic heterocycles. The Hall–Kier alpha value is -1.83. The van der Waals surface area contributed by atoms with Gasteiger partial charge in [0.15, 0.2) is 0 Å². The zero-order valence-electron chi connectivity index (χ0n) is 8.22. The third-order valence-electron chi connectivity index (χ3n) is 1.54. The van der Waals surface area contributed by atoms with Gasteiger partial charge in [0.2, 0.25) is 0 Å². The molecule has 2 nitrogen and oxygen atoms in total. The molecule has 0 saturated heterocycles. The molecule has 0 unspecified atom stereocenters. The van der Waals surface area contributed by atoms with E-state index in [1.807, 2.05) is 61.6 Å². The second kappa shape index (κ2) is 6.66. The summed E-state index contributed by atoms with van der Waals surface area (Å²) in [4.78, 5) is 0. The highest BCUT2D eigenvalue weighted by Gasteiger charge is 1.81. The number of hydrazone groups is 1. The summed E-state index contributed by atoms with van der Waals surface area (Å²) >= 11 is 0. The maximum atomic E-state index is 4.02. The van der Waals surface area contributed by atoms with Gasteiger partial charge in [-0.3, -0.25) is 5.43 Å². The van der Waals surface area contributed by atoms with E-state index in [1.165, 1.54) is 0 Å². The number of allylic oxidation sites excluding steroid dienone is 4. The number of rotatable bonds is 4. The monoisotopic (exact) mass is 186 g/mol. The minimum absolute atomic E-state index is 0.989. The first kappa shape index (κ1) is 10.3. The van der Waals surface area contributed by atoms with Crippen LogP contribution in [0, 0.1) is 0 Å². The van der Waals surface area contributed by atoms with Crippen molar-refractivity contribution in [2.24, 2.45) is 5.10 Å². The first-order valence-corrected chi connectivity index (χ1v) is 4.55. The van der Waals surface area contributed by atoms with Crippen LogP contribution >= 0.6 is 0 Å². The Bertz CT molecular complexity index is 323. The zero-order chi connectivity index (χ0) is 10.1. The van der Waals surface area contributed by atoms with Gasteiger partial charge in [0, 0.05) is 6.21 Å². The molecule has 0 radical (unpaired) electrons. The fourth-order valence-corrected chi connectivity index (χ4v) is 0.892. The number of anilines is 1. The summed E-state index contributed by atoms with van der Waals surface area (Å²) in [7, 11) is 0. The van der Waals surface area contributed by atoms with Crippen LogP contribution < -0.4 is 5.43 Å². The van der Waals surface area contributed by atoms with E-state index in [9.17, 15) is 0 Å². The molecule has 0 amide bonds. The van der Waals surface area contributed by atoms with E-state index in [1.54, 1.807) is 6.21 Å². The molecule has 1 rings (SSSR count). The van der Waals surface area contributed by atoms with Crippen molar-refractivity contribution in [3.05, 3.63) is 54.6 Å². The molecular weight excluding hydrogens is 172 g/mol. The molecular formula is C12H14N2. The lowest BCUT2D eigenvalue weighted by Crippen LogP contribution is -1.86. The Kier molecular flexibility index (Phi) is 4.88. The van der Waals surface area contributed by atoms with Gasteiger partial charge in [0.25, 0.3) is 0 Å². The molecule has 0 aliphatic rings.